The minimum absolute atomic E-state index is 0.258. The van der Waals surface area contributed by atoms with Crippen LogP contribution in [0.4, 0.5) is 0 Å². The number of halogens is 2. The molecule has 0 aliphatic carbocycles. The van der Waals surface area contributed by atoms with Gasteiger partial charge in [-0.3, -0.25) is 0 Å². The van der Waals surface area contributed by atoms with Crippen LogP contribution >= 0.6 is 23.2 Å². The second kappa shape index (κ2) is 6.29. The molecule has 2 nitrogen and oxygen atoms in total. The molecule has 2 rings (SSSR count). The first kappa shape index (κ1) is 14.2. The summed E-state index contributed by atoms with van der Waals surface area (Å²) in [6.07, 6.45) is 0. The highest BCUT2D eigenvalue weighted by Crippen LogP contribution is 2.27. The van der Waals surface area contributed by atoms with Crippen LogP contribution in [0.2, 0.25) is 10.0 Å². The molecule has 0 amide bonds. The number of hydrogen-bond acceptors (Lipinski definition) is 2. The summed E-state index contributed by atoms with van der Waals surface area (Å²) in [5.41, 5.74) is 8.10. The maximum atomic E-state index is 6.22. The van der Waals surface area contributed by atoms with E-state index in [2.05, 4.69) is 0 Å². The maximum absolute atomic E-state index is 6.22. The van der Waals surface area contributed by atoms with E-state index in [1.165, 1.54) is 0 Å². The van der Waals surface area contributed by atoms with Gasteiger partial charge in [-0.2, -0.15) is 0 Å². The van der Waals surface area contributed by atoms with Gasteiger partial charge in [0.05, 0.1) is 12.6 Å². The molecular weight excluding hydrogens is 281 g/mol. The zero-order valence-electron chi connectivity index (χ0n) is 10.6. The smallest absolute Gasteiger partial charge is 0.119 e. The summed E-state index contributed by atoms with van der Waals surface area (Å²) in [5, 5.41) is 1.17. The predicted molar refractivity (Wildman–Crippen MR) is 80.1 cm³/mol. The molecule has 0 saturated heterocycles. The highest BCUT2D eigenvalue weighted by molar-refractivity contribution is 6.34. The summed E-state index contributed by atoms with van der Waals surface area (Å²) >= 11 is 12.0. The quantitative estimate of drug-likeness (QED) is 0.905. The maximum Gasteiger partial charge on any atom is 0.119 e. The van der Waals surface area contributed by atoms with Crippen molar-refractivity contribution in [2.45, 2.75) is 13.0 Å². The van der Waals surface area contributed by atoms with E-state index in [4.69, 9.17) is 33.7 Å². The van der Waals surface area contributed by atoms with Crippen molar-refractivity contribution in [2.24, 2.45) is 5.73 Å². The Morgan fingerprint density at radius 2 is 1.58 bits per heavy atom. The van der Waals surface area contributed by atoms with Gasteiger partial charge < -0.3 is 10.5 Å². The van der Waals surface area contributed by atoms with E-state index in [0.717, 1.165) is 16.9 Å². The van der Waals surface area contributed by atoms with Crippen LogP contribution in [0, 0.1) is 0 Å². The first-order chi connectivity index (χ1) is 9.10. The topological polar surface area (TPSA) is 35.2 Å². The van der Waals surface area contributed by atoms with Gasteiger partial charge in [0, 0.05) is 10.0 Å². The molecule has 4 heteroatoms. The SMILES string of the molecule is CCOc1ccc(C(N)c2cc(Cl)cc(Cl)c2)cc1. The van der Waals surface area contributed by atoms with Crippen molar-refractivity contribution in [1.29, 1.82) is 0 Å². The van der Waals surface area contributed by atoms with E-state index in [0.29, 0.717) is 16.7 Å². The summed E-state index contributed by atoms with van der Waals surface area (Å²) in [4.78, 5) is 0. The lowest BCUT2D eigenvalue weighted by Crippen LogP contribution is -2.11. The van der Waals surface area contributed by atoms with Gasteiger partial charge in [-0.05, 0) is 48.4 Å². The normalized spacial score (nSPS) is 12.2. The second-order valence-electron chi connectivity index (χ2n) is 4.18. The molecule has 2 N–H and O–H groups in total. The Kier molecular flexibility index (Phi) is 4.70. The van der Waals surface area contributed by atoms with Gasteiger partial charge in [0.1, 0.15) is 5.75 Å². The molecular formula is C15H15Cl2NO. The minimum atomic E-state index is -0.258. The van der Waals surface area contributed by atoms with Crippen molar-refractivity contribution >= 4 is 23.2 Å². The Hall–Kier alpha value is -1.22. The van der Waals surface area contributed by atoms with Gasteiger partial charge in [-0.1, -0.05) is 35.3 Å². The average Bonchev–Trinajstić information content (AvgIpc) is 2.38. The second-order valence-corrected chi connectivity index (χ2v) is 5.06. The van der Waals surface area contributed by atoms with Gasteiger partial charge in [0.25, 0.3) is 0 Å². The molecule has 0 aliphatic rings. The molecule has 2 aromatic rings. The van der Waals surface area contributed by atoms with E-state index in [9.17, 15) is 0 Å². The van der Waals surface area contributed by atoms with Gasteiger partial charge in [0.15, 0.2) is 0 Å². The third-order valence-corrected chi connectivity index (χ3v) is 3.23. The Morgan fingerprint density at radius 3 is 2.11 bits per heavy atom. The number of nitrogens with two attached hydrogens (primary N) is 1. The fourth-order valence-electron chi connectivity index (χ4n) is 1.89. The number of rotatable bonds is 4. The molecule has 19 heavy (non-hydrogen) atoms. The van der Waals surface area contributed by atoms with Crippen LogP contribution in [-0.2, 0) is 0 Å². The molecule has 0 radical (unpaired) electrons. The summed E-state index contributed by atoms with van der Waals surface area (Å²) < 4.78 is 5.40. The van der Waals surface area contributed by atoms with E-state index in [1.807, 2.05) is 43.3 Å². The Balaban J connectivity index is 2.25. The summed E-state index contributed by atoms with van der Waals surface area (Å²) in [7, 11) is 0. The molecule has 0 saturated carbocycles. The molecule has 2 aromatic carbocycles. The highest BCUT2D eigenvalue weighted by atomic mass is 35.5. The molecule has 0 heterocycles. The molecule has 1 atom stereocenters. The van der Waals surface area contributed by atoms with Crippen molar-refractivity contribution in [1.82, 2.24) is 0 Å². The first-order valence-electron chi connectivity index (χ1n) is 6.04. The summed E-state index contributed by atoms with van der Waals surface area (Å²) in [5.74, 6) is 0.836. The van der Waals surface area contributed by atoms with Gasteiger partial charge in [-0.25, -0.2) is 0 Å². The zero-order valence-corrected chi connectivity index (χ0v) is 12.1. The fraction of sp³-hybridized carbons (Fsp3) is 0.200. The van der Waals surface area contributed by atoms with Crippen molar-refractivity contribution in [3.8, 4) is 5.75 Å². The summed E-state index contributed by atoms with van der Waals surface area (Å²) in [6, 6.07) is 12.8. The lowest BCUT2D eigenvalue weighted by Gasteiger charge is -2.14. The standard InChI is InChI=1S/C15H15Cl2NO/c1-2-19-14-5-3-10(4-6-14)15(18)11-7-12(16)9-13(17)8-11/h3-9,15H,2,18H2,1H3. The van der Waals surface area contributed by atoms with Crippen molar-refractivity contribution in [3.63, 3.8) is 0 Å². The van der Waals surface area contributed by atoms with Crippen LogP contribution in [0.1, 0.15) is 24.1 Å². The average molecular weight is 296 g/mol. The molecule has 0 spiro atoms. The first-order valence-corrected chi connectivity index (χ1v) is 6.80. The van der Waals surface area contributed by atoms with E-state index in [-0.39, 0.29) is 6.04 Å². The van der Waals surface area contributed by atoms with Crippen molar-refractivity contribution in [2.75, 3.05) is 6.61 Å². The Bertz CT molecular complexity index is 534. The number of hydrogen-bond donors (Lipinski definition) is 1. The Labute approximate surface area is 123 Å². The third-order valence-electron chi connectivity index (χ3n) is 2.79. The van der Waals surface area contributed by atoms with E-state index >= 15 is 0 Å². The molecule has 0 bridgehead atoms. The molecule has 0 aliphatic heterocycles. The Morgan fingerprint density at radius 1 is 1.00 bits per heavy atom. The van der Waals surface area contributed by atoms with Crippen molar-refractivity contribution in [3.05, 3.63) is 63.6 Å². The van der Waals surface area contributed by atoms with Crippen LogP contribution in [-0.4, -0.2) is 6.61 Å². The van der Waals surface area contributed by atoms with E-state index in [1.54, 1.807) is 6.07 Å². The largest absolute Gasteiger partial charge is 0.494 e. The van der Waals surface area contributed by atoms with E-state index < -0.39 is 0 Å². The summed E-state index contributed by atoms with van der Waals surface area (Å²) in [6.45, 7) is 2.60. The molecule has 1 unspecified atom stereocenters. The fourth-order valence-corrected chi connectivity index (χ4v) is 2.43. The molecule has 0 fully saturated rings. The lowest BCUT2D eigenvalue weighted by molar-refractivity contribution is 0.340. The zero-order chi connectivity index (χ0) is 13.8. The van der Waals surface area contributed by atoms with Crippen LogP contribution in [0.15, 0.2) is 42.5 Å². The predicted octanol–water partition coefficient (Wildman–Crippen LogP) is 4.44. The van der Waals surface area contributed by atoms with Gasteiger partial charge in [-0.15, -0.1) is 0 Å². The minimum Gasteiger partial charge on any atom is -0.494 e. The third kappa shape index (κ3) is 3.63. The van der Waals surface area contributed by atoms with Gasteiger partial charge >= 0.3 is 0 Å². The van der Waals surface area contributed by atoms with Crippen LogP contribution in [0.25, 0.3) is 0 Å². The van der Waals surface area contributed by atoms with Crippen LogP contribution in [0.5, 0.6) is 5.75 Å². The molecule has 100 valence electrons. The number of ether oxygens (including phenoxy) is 1. The monoisotopic (exact) mass is 295 g/mol. The van der Waals surface area contributed by atoms with Gasteiger partial charge in [0.2, 0.25) is 0 Å². The van der Waals surface area contributed by atoms with Crippen LogP contribution < -0.4 is 10.5 Å². The van der Waals surface area contributed by atoms with Crippen LogP contribution in [0.3, 0.4) is 0 Å². The number of benzene rings is 2. The highest BCUT2D eigenvalue weighted by Gasteiger charge is 2.10. The lowest BCUT2D eigenvalue weighted by atomic mass is 10.00. The molecule has 0 aromatic heterocycles. The van der Waals surface area contributed by atoms with Crippen molar-refractivity contribution < 1.29 is 4.74 Å².